The predicted octanol–water partition coefficient (Wildman–Crippen LogP) is -3.68. The molecule has 0 saturated carbocycles. The van der Waals surface area contributed by atoms with E-state index in [4.69, 9.17) is 0 Å². The molecule has 1 unspecified atom stereocenters. The van der Waals surface area contributed by atoms with Gasteiger partial charge in [-0.2, -0.15) is 14.4 Å². The van der Waals surface area contributed by atoms with Gasteiger partial charge < -0.3 is 9.45 Å². The minimum atomic E-state index is -5.00. The van der Waals surface area contributed by atoms with Crippen LogP contribution >= 0.6 is 0 Å². The normalized spacial score (nSPS) is 21.3. The molecule has 1 aromatic rings. The largest absolute Gasteiger partial charge is 1.00 e. The molecule has 2 aliphatic rings. The van der Waals surface area contributed by atoms with Crippen LogP contribution in [-0.4, -0.2) is 57.9 Å². The van der Waals surface area contributed by atoms with E-state index in [0.717, 1.165) is 5.69 Å². The first-order valence-electron chi connectivity index (χ1n) is 5.79. The quantitative estimate of drug-likeness (QED) is 0.322. The Morgan fingerprint density at radius 3 is 2.76 bits per heavy atom. The monoisotopic (exact) mass is 322 g/mol. The van der Waals surface area contributed by atoms with Crippen molar-refractivity contribution in [1.82, 2.24) is 19.7 Å². The fourth-order valence-electron chi connectivity index (χ4n) is 2.47. The Labute approximate surface area is 143 Å². The van der Waals surface area contributed by atoms with Crippen molar-refractivity contribution in [3.8, 4) is 0 Å². The Hall–Kier alpha value is -0.910. The first kappa shape index (κ1) is 16.5. The number of carbonyl (C=O) groups is 1. The molecule has 3 heterocycles. The van der Waals surface area contributed by atoms with Gasteiger partial charge in [0.15, 0.2) is 0 Å². The number of hydrogen-bond acceptors (Lipinski definition) is 6. The summed E-state index contributed by atoms with van der Waals surface area (Å²) in [6.07, 6.45) is 3.39. The van der Waals surface area contributed by atoms with E-state index in [-0.39, 0.29) is 36.1 Å². The number of aryl methyl sites for hydroxylation is 1. The molecule has 21 heavy (non-hydrogen) atoms. The number of hydrogen-bond donors (Lipinski definition) is 0. The van der Waals surface area contributed by atoms with Crippen LogP contribution in [-0.2, 0) is 21.7 Å². The molecule has 0 radical (unpaired) electrons. The van der Waals surface area contributed by atoms with Crippen molar-refractivity contribution in [3.05, 3.63) is 24.0 Å². The number of fused-ring (bicyclic) bond motifs is 2. The summed E-state index contributed by atoms with van der Waals surface area (Å²) in [5.41, 5.74) is 1.44. The van der Waals surface area contributed by atoms with Crippen molar-refractivity contribution in [1.29, 1.82) is 0 Å². The molecule has 2 bridgehead atoms. The number of hydroxylamine groups is 2. The van der Waals surface area contributed by atoms with Gasteiger partial charge in [-0.3, -0.25) is 4.68 Å². The summed E-state index contributed by atoms with van der Waals surface area (Å²) in [6.45, 7) is 0.597. The van der Waals surface area contributed by atoms with Crippen LogP contribution in [0, 0.1) is 0 Å². The average Bonchev–Trinajstić information content (AvgIpc) is 2.87. The van der Waals surface area contributed by atoms with Gasteiger partial charge >= 0.3 is 35.6 Å². The minimum Gasteiger partial charge on any atom is -0.724 e. The van der Waals surface area contributed by atoms with Crippen molar-refractivity contribution in [2.45, 2.75) is 6.04 Å². The van der Waals surface area contributed by atoms with Crippen LogP contribution in [0.25, 0.3) is 5.57 Å². The summed E-state index contributed by atoms with van der Waals surface area (Å²) in [5, 5.41) is 4.65. The minimum absolute atomic E-state index is 0. The van der Waals surface area contributed by atoms with E-state index >= 15 is 0 Å². The van der Waals surface area contributed by atoms with Gasteiger partial charge in [-0.25, -0.2) is 13.2 Å². The van der Waals surface area contributed by atoms with E-state index in [1.165, 1.54) is 4.90 Å². The maximum Gasteiger partial charge on any atom is 1.00 e. The van der Waals surface area contributed by atoms with Crippen molar-refractivity contribution < 1.29 is 51.6 Å². The molecule has 0 spiro atoms. The molecule has 1 aromatic heterocycles. The summed E-state index contributed by atoms with van der Waals surface area (Å²) in [7, 11) is -3.27. The van der Waals surface area contributed by atoms with Crippen molar-refractivity contribution >= 4 is 22.0 Å². The molecule has 0 aromatic carbocycles. The molecule has 108 valence electrons. The zero-order chi connectivity index (χ0) is 14.5. The smallest absolute Gasteiger partial charge is 0.724 e. The topological polar surface area (TPSA) is 108 Å². The Morgan fingerprint density at radius 1 is 1.48 bits per heavy atom. The molecule has 9 nitrogen and oxygen atoms in total. The van der Waals surface area contributed by atoms with Gasteiger partial charge in [0.1, 0.15) is 6.04 Å². The Balaban J connectivity index is 0.00000161. The van der Waals surface area contributed by atoms with Crippen LogP contribution in [0.3, 0.4) is 0 Å². The predicted molar refractivity (Wildman–Crippen MR) is 64.6 cm³/mol. The second kappa shape index (κ2) is 5.71. The van der Waals surface area contributed by atoms with Gasteiger partial charge in [-0.1, -0.05) is 6.08 Å². The molecule has 1 fully saturated rings. The van der Waals surface area contributed by atoms with Gasteiger partial charge in [0.05, 0.1) is 12.2 Å². The Bertz CT molecular complexity index is 700. The average molecular weight is 322 g/mol. The van der Waals surface area contributed by atoms with E-state index in [2.05, 4.69) is 9.38 Å². The number of urea groups is 1. The molecular weight excluding hydrogens is 311 g/mol. The number of nitrogens with zero attached hydrogens (tertiary/aromatic N) is 4. The summed E-state index contributed by atoms with van der Waals surface area (Å²) < 4.78 is 38.1. The Kier molecular flexibility index (Phi) is 4.47. The van der Waals surface area contributed by atoms with Crippen LogP contribution in [0.15, 0.2) is 18.3 Å². The standard InChI is InChI=1S/C10H12N4O5S.Na/c1-12-8(2-4-11-12)7-3-5-13-6-9(7)14(10(13)15)19-20(16,17)18;/h2-4,9H,5-6H2,1H3,(H,16,17,18);/q;+1/p-1. The van der Waals surface area contributed by atoms with E-state index in [1.807, 2.05) is 0 Å². The zero-order valence-corrected chi connectivity index (χ0v) is 14.3. The second-order valence-corrected chi connectivity index (χ2v) is 5.48. The van der Waals surface area contributed by atoms with Crippen LogP contribution in [0.5, 0.6) is 0 Å². The van der Waals surface area contributed by atoms with Crippen molar-refractivity contribution in [2.75, 3.05) is 13.1 Å². The third kappa shape index (κ3) is 3.00. The SMILES string of the molecule is Cn1nccc1C1=CCN2CC1N(OS(=O)(=O)[O-])C2=O.[Na+]. The maximum atomic E-state index is 11.9. The fraction of sp³-hybridized carbons (Fsp3) is 0.400. The fourth-order valence-corrected chi connectivity index (χ4v) is 2.83. The third-order valence-electron chi connectivity index (χ3n) is 3.31. The number of aromatic nitrogens is 2. The summed E-state index contributed by atoms with van der Waals surface area (Å²) in [4.78, 5) is 13.3. The van der Waals surface area contributed by atoms with Gasteiger partial charge in [0.25, 0.3) is 0 Å². The van der Waals surface area contributed by atoms with E-state index in [0.29, 0.717) is 17.2 Å². The van der Waals surface area contributed by atoms with Gasteiger partial charge in [0.2, 0.25) is 10.4 Å². The van der Waals surface area contributed by atoms with Crippen LogP contribution in [0.4, 0.5) is 4.79 Å². The molecule has 2 aliphatic heterocycles. The molecule has 1 atom stereocenters. The first-order chi connectivity index (χ1) is 9.37. The van der Waals surface area contributed by atoms with Gasteiger partial charge in [0, 0.05) is 25.4 Å². The molecule has 1 saturated heterocycles. The summed E-state index contributed by atoms with van der Waals surface area (Å²) in [5.74, 6) is 0. The van der Waals surface area contributed by atoms with Crippen LogP contribution in [0.1, 0.15) is 5.69 Å². The van der Waals surface area contributed by atoms with Crippen LogP contribution < -0.4 is 29.6 Å². The van der Waals surface area contributed by atoms with Gasteiger partial charge in [-0.15, -0.1) is 0 Å². The summed E-state index contributed by atoms with van der Waals surface area (Å²) in [6, 6.07) is 0.465. The van der Waals surface area contributed by atoms with Crippen molar-refractivity contribution in [2.24, 2.45) is 7.05 Å². The van der Waals surface area contributed by atoms with Gasteiger partial charge in [-0.05, 0) is 6.07 Å². The third-order valence-corrected chi connectivity index (χ3v) is 3.66. The van der Waals surface area contributed by atoms with E-state index < -0.39 is 22.5 Å². The number of carbonyl (C=O) groups excluding carboxylic acids is 1. The molecule has 0 aliphatic carbocycles. The maximum absolute atomic E-state index is 11.9. The zero-order valence-electron chi connectivity index (χ0n) is 11.5. The molecular formula is C10H11N4NaO5S. The molecule has 2 amide bonds. The van der Waals surface area contributed by atoms with E-state index in [9.17, 15) is 17.8 Å². The number of rotatable bonds is 3. The molecule has 0 N–H and O–H groups in total. The van der Waals surface area contributed by atoms with Crippen molar-refractivity contribution in [3.63, 3.8) is 0 Å². The number of amides is 2. The molecule has 11 heteroatoms. The Morgan fingerprint density at radius 2 is 2.19 bits per heavy atom. The molecule has 3 rings (SSSR count). The first-order valence-corrected chi connectivity index (χ1v) is 7.12. The van der Waals surface area contributed by atoms with Crippen LogP contribution in [0.2, 0.25) is 0 Å². The second-order valence-electron chi connectivity index (χ2n) is 4.51. The van der Waals surface area contributed by atoms with E-state index in [1.54, 1.807) is 30.1 Å². The summed E-state index contributed by atoms with van der Waals surface area (Å²) >= 11 is 0.